The van der Waals surface area contributed by atoms with Crippen molar-refractivity contribution in [2.75, 3.05) is 0 Å². The van der Waals surface area contributed by atoms with Crippen LogP contribution in [0, 0.1) is 0 Å². The molecule has 3 nitrogen and oxygen atoms in total. The Balaban J connectivity index is 1.52. The minimum Gasteiger partial charge on any atom is -0.315 e. The maximum atomic E-state index is 12.8. The van der Waals surface area contributed by atoms with E-state index in [-0.39, 0.29) is 6.03 Å². The van der Waals surface area contributed by atoms with E-state index in [1.54, 1.807) is 0 Å². The SMILES string of the molecule is O=C1N(Cc2ccccc2)[C@@H]2CC[C@@H]2N1Cc1ccccc1. The Kier molecular flexibility index (Phi) is 3.34. The number of hydrogen-bond acceptors (Lipinski definition) is 1. The monoisotopic (exact) mass is 292 g/mol. The van der Waals surface area contributed by atoms with Crippen LogP contribution in [-0.4, -0.2) is 27.9 Å². The number of nitrogens with zero attached hydrogens (tertiary/aromatic N) is 2. The molecule has 1 heterocycles. The molecule has 2 amide bonds. The molecule has 0 radical (unpaired) electrons. The zero-order valence-electron chi connectivity index (χ0n) is 12.6. The highest BCUT2D eigenvalue weighted by molar-refractivity contribution is 5.78. The van der Waals surface area contributed by atoms with E-state index in [1.165, 1.54) is 11.1 Å². The van der Waals surface area contributed by atoms with E-state index in [4.69, 9.17) is 0 Å². The van der Waals surface area contributed by atoms with Gasteiger partial charge in [-0.15, -0.1) is 0 Å². The summed E-state index contributed by atoms with van der Waals surface area (Å²) < 4.78 is 0. The predicted octanol–water partition coefficient (Wildman–Crippen LogP) is 3.66. The number of rotatable bonds is 4. The largest absolute Gasteiger partial charge is 0.321 e. The Bertz CT molecular complexity index is 598. The van der Waals surface area contributed by atoms with Gasteiger partial charge >= 0.3 is 6.03 Å². The van der Waals surface area contributed by atoms with Crippen LogP contribution >= 0.6 is 0 Å². The first-order chi connectivity index (χ1) is 10.8. The van der Waals surface area contributed by atoms with Crippen molar-refractivity contribution >= 4 is 6.03 Å². The van der Waals surface area contributed by atoms with Gasteiger partial charge in [0.05, 0.1) is 12.1 Å². The van der Waals surface area contributed by atoms with Crippen molar-refractivity contribution < 1.29 is 4.79 Å². The van der Waals surface area contributed by atoms with Gasteiger partial charge in [0.2, 0.25) is 0 Å². The minimum absolute atomic E-state index is 0.195. The van der Waals surface area contributed by atoms with Crippen molar-refractivity contribution in [1.29, 1.82) is 0 Å². The Morgan fingerprint density at radius 2 is 1.14 bits per heavy atom. The molecule has 3 heteroatoms. The second-order valence-electron chi connectivity index (χ2n) is 6.22. The Morgan fingerprint density at radius 1 is 0.727 bits per heavy atom. The number of carbonyl (C=O) groups excluding carboxylic acids is 1. The molecule has 2 aromatic rings. The van der Waals surface area contributed by atoms with Gasteiger partial charge < -0.3 is 9.80 Å². The summed E-state index contributed by atoms with van der Waals surface area (Å²) in [6, 6.07) is 21.6. The molecule has 4 rings (SSSR count). The van der Waals surface area contributed by atoms with Crippen molar-refractivity contribution in [1.82, 2.24) is 9.80 Å². The fourth-order valence-corrected chi connectivity index (χ4v) is 3.57. The number of benzene rings is 2. The second-order valence-corrected chi connectivity index (χ2v) is 6.22. The van der Waals surface area contributed by atoms with Crippen LogP contribution in [0.5, 0.6) is 0 Å². The third-order valence-corrected chi connectivity index (χ3v) is 4.89. The van der Waals surface area contributed by atoms with Gasteiger partial charge in [0.1, 0.15) is 0 Å². The van der Waals surface area contributed by atoms with Crippen molar-refractivity contribution in [3.8, 4) is 0 Å². The molecule has 2 atom stereocenters. The smallest absolute Gasteiger partial charge is 0.315 e. The molecule has 0 unspecified atom stereocenters. The Labute approximate surface area is 131 Å². The maximum Gasteiger partial charge on any atom is 0.321 e. The standard InChI is InChI=1S/C19H20N2O/c22-19-20(13-15-7-3-1-4-8-15)17-11-12-18(17)21(19)14-16-9-5-2-6-10-16/h1-10,17-18H,11-14H2/t17-,18+. The molecular formula is C19H20N2O. The minimum atomic E-state index is 0.195. The van der Waals surface area contributed by atoms with Crippen molar-refractivity contribution in [3.63, 3.8) is 0 Å². The van der Waals surface area contributed by atoms with Crippen LogP contribution < -0.4 is 0 Å². The molecule has 2 fully saturated rings. The zero-order chi connectivity index (χ0) is 14.9. The quantitative estimate of drug-likeness (QED) is 0.843. The van der Waals surface area contributed by atoms with Crippen molar-refractivity contribution in [3.05, 3.63) is 71.8 Å². The van der Waals surface area contributed by atoms with Gasteiger partial charge in [-0.25, -0.2) is 4.79 Å². The lowest BCUT2D eigenvalue weighted by Gasteiger charge is -2.36. The van der Waals surface area contributed by atoms with Crippen LogP contribution in [-0.2, 0) is 13.1 Å². The zero-order valence-corrected chi connectivity index (χ0v) is 12.6. The Hall–Kier alpha value is -2.29. The fourth-order valence-electron chi connectivity index (χ4n) is 3.57. The first kappa shape index (κ1) is 13.4. The van der Waals surface area contributed by atoms with Crippen molar-refractivity contribution in [2.24, 2.45) is 0 Å². The normalized spacial score (nSPS) is 23.4. The summed E-state index contributed by atoms with van der Waals surface area (Å²) in [5.74, 6) is 0. The van der Waals surface area contributed by atoms with E-state index >= 15 is 0 Å². The summed E-state index contributed by atoms with van der Waals surface area (Å²) in [6.45, 7) is 1.46. The Morgan fingerprint density at radius 3 is 1.50 bits per heavy atom. The summed E-state index contributed by atoms with van der Waals surface area (Å²) in [4.78, 5) is 17.0. The van der Waals surface area contributed by atoms with Gasteiger partial charge in [-0.1, -0.05) is 60.7 Å². The molecule has 2 aliphatic rings. The van der Waals surface area contributed by atoms with Gasteiger partial charge in [-0.2, -0.15) is 0 Å². The van der Waals surface area contributed by atoms with Crippen LogP contribution in [0.1, 0.15) is 24.0 Å². The predicted molar refractivity (Wildman–Crippen MR) is 86.2 cm³/mol. The summed E-state index contributed by atoms with van der Waals surface area (Å²) in [5, 5.41) is 0. The molecule has 0 N–H and O–H groups in total. The number of amides is 2. The lowest BCUT2D eigenvalue weighted by Crippen LogP contribution is -2.45. The third-order valence-electron chi connectivity index (χ3n) is 4.89. The summed E-state index contributed by atoms with van der Waals surface area (Å²) in [7, 11) is 0. The molecule has 2 aromatic carbocycles. The molecule has 0 aromatic heterocycles. The average molecular weight is 292 g/mol. The molecule has 1 aliphatic carbocycles. The molecular weight excluding hydrogens is 272 g/mol. The fraction of sp³-hybridized carbons (Fsp3) is 0.316. The highest BCUT2D eigenvalue weighted by Gasteiger charge is 2.50. The molecule has 0 bridgehead atoms. The number of fused-ring (bicyclic) bond motifs is 1. The summed E-state index contributed by atoms with van der Waals surface area (Å²) in [5.41, 5.74) is 2.42. The van der Waals surface area contributed by atoms with Gasteiger partial charge in [-0.3, -0.25) is 0 Å². The maximum absolute atomic E-state index is 12.8. The first-order valence-corrected chi connectivity index (χ1v) is 7.98. The van der Waals surface area contributed by atoms with E-state index in [0.717, 1.165) is 25.9 Å². The van der Waals surface area contributed by atoms with E-state index < -0.39 is 0 Å². The van der Waals surface area contributed by atoms with E-state index in [1.807, 2.05) is 36.4 Å². The lowest BCUT2D eigenvalue weighted by molar-refractivity contribution is 0.151. The van der Waals surface area contributed by atoms with Gasteiger partial charge in [0.15, 0.2) is 0 Å². The number of hydrogen-bond donors (Lipinski definition) is 0. The average Bonchev–Trinajstić information content (AvgIpc) is 2.69. The summed E-state index contributed by atoms with van der Waals surface area (Å²) >= 11 is 0. The number of urea groups is 1. The molecule has 1 aliphatic heterocycles. The van der Waals surface area contributed by atoms with Crippen LogP contribution in [0.2, 0.25) is 0 Å². The van der Waals surface area contributed by atoms with Crippen LogP contribution in [0.3, 0.4) is 0 Å². The highest BCUT2D eigenvalue weighted by Crippen LogP contribution is 2.39. The topological polar surface area (TPSA) is 23.6 Å². The molecule has 1 saturated carbocycles. The van der Waals surface area contributed by atoms with E-state index in [2.05, 4.69) is 34.1 Å². The van der Waals surface area contributed by atoms with Crippen LogP contribution in [0.15, 0.2) is 60.7 Å². The third kappa shape index (κ3) is 2.27. The van der Waals surface area contributed by atoms with Gasteiger partial charge in [0, 0.05) is 13.1 Å². The van der Waals surface area contributed by atoms with Gasteiger partial charge in [-0.05, 0) is 24.0 Å². The van der Waals surface area contributed by atoms with Crippen LogP contribution in [0.4, 0.5) is 4.79 Å². The molecule has 112 valence electrons. The first-order valence-electron chi connectivity index (χ1n) is 7.98. The number of carbonyl (C=O) groups is 1. The lowest BCUT2D eigenvalue weighted by atomic mass is 9.86. The molecule has 1 saturated heterocycles. The van der Waals surface area contributed by atoms with Gasteiger partial charge in [0.25, 0.3) is 0 Å². The van der Waals surface area contributed by atoms with Crippen LogP contribution in [0.25, 0.3) is 0 Å². The summed E-state index contributed by atoms with van der Waals surface area (Å²) in [6.07, 6.45) is 2.27. The molecule has 0 spiro atoms. The highest BCUT2D eigenvalue weighted by atomic mass is 16.2. The van der Waals surface area contributed by atoms with Crippen molar-refractivity contribution in [2.45, 2.75) is 38.0 Å². The van der Waals surface area contributed by atoms with E-state index in [0.29, 0.717) is 12.1 Å². The molecule has 22 heavy (non-hydrogen) atoms. The second kappa shape index (κ2) is 5.48. The van der Waals surface area contributed by atoms with E-state index in [9.17, 15) is 4.79 Å².